The Morgan fingerprint density at radius 2 is 2.12 bits per heavy atom. The summed E-state index contributed by atoms with van der Waals surface area (Å²) < 4.78 is 16.4. The van der Waals surface area contributed by atoms with Crippen molar-refractivity contribution in [1.82, 2.24) is 14.9 Å². The Hall–Kier alpha value is -2.67. The highest BCUT2D eigenvalue weighted by Crippen LogP contribution is 2.33. The SMILES string of the molecule is Cc1cc(C[C@H]2COCCN(C(=O)c3ccc4c(c3)OCO4)C2)ncn1. The van der Waals surface area contributed by atoms with Crippen molar-refractivity contribution < 1.29 is 19.0 Å². The zero-order valence-corrected chi connectivity index (χ0v) is 14.7. The summed E-state index contributed by atoms with van der Waals surface area (Å²) in [6, 6.07) is 7.30. The fourth-order valence-electron chi connectivity index (χ4n) is 3.32. The highest BCUT2D eigenvalue weighted by molar-refractivity contribution is 5.95. The topological polar surface area (TPSA) is 73.8 Å². The van der Waals surface area contributed by atoms with Gasteiger partial charge in [0.1, 0.15) is 6.33 Å². The molecule has 2 aliphatic heterocycles. The molecule has 0 N–H and O–H groups in total. The van der Waals surface area contributed by atoms with Gasteiger partial charge in [0.05, 0.1) is 13.2 Å². The highest BCUT2D eigenvalue weighted by Gasteiger charge is 2.25. The second-order valence-corrected chi connectivity index (χ2v) is 6.61. The number of fused-ring (bicyclic) bond motifs is 1. The van der Waals surface area contributed by atoms with E-state index in [2.05, 4.69) is 9.97 Å². The number of amides is 1. The van der Waals surface area contributed by atoms with Crippen LogP contribution in [-0.4, -0.2) is 53.9 Å². The highest BCUT2D eigenvalue weighted by atomic mass is 16.7. The molecule has 2 aliphatic rings. The van der Waals surface area contributed by atoms with Crippen LogP contribution in [-0.2, 0) is 11.2 Å². The molecule has 26 heavy (non-hydrogen) atoms. The third kappa shape index (κ3) is 3.62. The number of aryl methyl sites for hydroxylation is 1. The first-order chi connectivity index (χ1) is 12.7. The molecule has 1 aromatic carbocycles. The molecule has 0 radical (unpaired) electrons. The third-order valence-corrected chi connectivity index (χ3v) is 4.60. The van der Waals surface area contributed by atoms with Gasteiger partial charge in [-0.15, -0.1) is 0 Å². The van der Waals surface area contributed by atoms with Gasteiger partial charge < -0.3 is 19.1 Å². The second kappa shape index (κ2) is 7.29. The molecule has 2 aromatic rings. The van der Waals surface area contributed by atoms with E-state index in [9.17, 15) is 4.79 Å². The maximum atomic E-state index is 13.0. The first-order valence-electron chi connectivity index (χ1n) is 8.73. The maximum absolute atomic E-state index is 13.0. The minimum atomic E-state index is -0.0160. The molecule has 0 bridgehead atoms. The summed E-state index contributed by atoms with van der Waals surface area (Å²) in [5, 5.41) is 0. The second-order valence-electron chi connectivity index (χ2n) is 6.61. The van der Waals surface area contributed by atoms with E-state index in [4.69, 9.17) is 14.2 Å². The van der Waals surface area contributed by atoms with Crippen LogP contribution in [0.5, 0.6) is 11.5 Å². The maximum Gasteiger partial charge on any atom is 0.254 e. The van der Waals surface area contributed by atoms with E-state index in [0.29, 0.717) is 43.4 Å². The average Bonchev–Trinajstić information content (AvgIpc) is 2.99. The van der Waals surface area contributed by atoms with Gasteiger partial charge >= 0.3 is 0 Å². The van der Waals surface area contributed by atoms with Crippen molar-refractivity contribution in [2.45, 2.75) is 13.3 Å². The van der Waals surface area contributed by atoms with Crippen LogP contribution in [0.15, 0.2) is 30.6 Å². The van der Waals surface area contributed by atoms with Crippen LogP contribution in [0.1, 0.15) is 21.7 Å². The molecule has 4 rings (SSSR count). The number of nitrogens with zero attached hydrogens (tertiary/aromatic N) is 3. The van der Waals surface area contributed by atoms with Crippen molar-refractivity contribution in [3.63, 3.8) is 0 Å². The molecule has 1 atom stereocenters. The van der Waals surface area contributed by atoms with Crippen LogP contribution in [0.25, 0.3) is 0 Å². The van der Waals surface area contributed by atoms with Gasteiger partial charge in [0.2, 0.25) is 6.79 Å². The molecule has 136 valence electrons. The Kier molecular flexibility index (Phi) is 4.71. The summed E-state index contributed by atoms with van der Waals surface area (Å²) in [6.45, 7) is 4.52. The quantitative estimate of drug-likeness (QED) is 0.837. The minimum Gasteiger partial charge on any atom is -0.454 e. The molecule has 1 amide bonds. The Morgan fingerprint density at radius 1 is 1.23 bits per heavy atom. The number of benzene rings is 1. The van der Waals surface area contributed by atoms with Gasteiger partial charge in [-0.2, -0.15) is 0 Å². The smallest absolute Gasteiger partial charge is 0.254 e. The van der Waals surface area contributed by atoms with Crippen molar-refractivity contribution in [2.75, 3.05) is 33.1 Å². The Morgan fingerprint density at radius 3 is 3.00 bits per heavy atom. The summed E-state index contributed by atoms with van der Waals surface area (Å²) >= 11 is 0. The molecule has 3 heterocycles. The van der Waals surface area contributed by atoms with Gasteiger partial charge in [-0.25, -0.2) is 9.97 Å². The van der Waals surface area contributed by atoms with E-state index in [1.165, 1.54) is 0 Å². The van der Waals surface area contributed by atoms with E-state index in [1.807, 2.05) is 17.9 Å². The molecule has 1 saturated heterocycles. The van der Waals surface area contributed by atoms with Gasteiger partial charge in [0.25, 0.3) is 5.91 Å². The van der Waals surface area contributed by atoms with E-state index in [1.54, 1.807) is 24.5 Å². The fourth-order valence-corrected chi connectivity index (χ4v) is 3.32. The minimum absolute atomic E-state index is 0.0160. The Labute approximate surface area is 151 Å². The van der Waals surface area contributed by atoms with Crippen molar-refractivity contribution >= 4 is 5.91 Å². The number of hydrogen-bond acceptors (Lipinski definition) is 6. The van der Waals surface area contributed by atoms with Crippen molar-refractivity contribution in [1.29, 1.82) is 0 Å². The molecule has 7 nitrogen and oxygen atoms in total. The zero-order chi connectivity index (χ0) is 17.9. The fraction of sp³-hybridized carbons (Fsp3) is 0.421. The van der Waals surface area contributed by atoms with E-state index < -0.39 is 0 Å². The monoisotopic (exact) mass is 355 g/mol. The van der Waals surface area contributed by atoms with Gasteiger partial charge in [-0.1, -0.05) is 0 Å². The summed E-state index contributed by atoms with van der Waals surface area (Å²) in [5.41, 5.74) is 2.52. The normalized spacial score (nSPS) is 19.3. The molecular weight excluding hydrogens is 334 g/mol. The molecular formula is C19H21N3O4. The van der Waals surface area contributed by atoms with E-state index >= 15 is 0 Å². The first-order valence-corrected chi connectivity index (χ1v) is 8.73. The number of carbonyl (C=O) groups excluding carboxylic acids is 1. The third-order valence-electron chi connectivity index (χ3n) is 4.60. The van der Waals surface area contributed by atoms with Gasteiger partial charge in [0.15, 0.2) is 11.5 Å². The molecule has 0 spiro atoms. The van der Waals surface area contributed by atoms with Crippen molar-refractivity contribution in [2.24, 2.45) is 5.92 Å². The first kappa shape index (κ1) is 16.8. The molecule has 0 aliphatic carbocycles. The van der Waals surface area contributed by atoms with Crippen LogP contribution in [0.4, 0.5) is 0 Å². The molecule has 0 unspecified atom stereocenters. The molecule has 0 saturated carbocycles. The van der Waals surface area contributed by atoms with Gasteiger partial charge in [-0.3, -0.25) is 4.79 Å². The van der Waals surface area contributed by atoms with Crippen molar-refractivity contribution in [3.8, 4) is 11.5 Å². The van der Waals surface area contributed by atoms with Crippen LogP contribution in [0, 0.1) is 12.8 Å². The van der Waals surface area contributed by atoms with Crippen LogP contribution >= 0.6 is 0 Å². The lowest BCUT2D eigenvalue weighted by Gasteiger charge is -2.23. The zero-order valence-electron chi connectivity index (χ0n) is 14.7. The number of hydrogen-bond donors (Lipinski definition) is 0. The summed E-state index contributed by atoms with van der Waals surface area (Å²) in [7, 11) is 0. The van der Waals surface area contributed by atoms with Gasteiger partial charge in [0, 0.05) is 36.0 Å². The van der Waals surface area contributed by atoms with Gasteiger partial charge in [-0.05, 0) is 37.6 Å². The molecule has 1 fully saturated rings. The number of carbonyl (C=O) groups is 1. The number of aromatic nitrogens is 2. The van der Waals surface area contributed by atoms with Crippen LogP contribution in [0.2, 0.25) is 0 Å². The average molecular weight is 355 g/mol. The Balaban J connectivity index is 1.47. The summed E-state index contributed by atoms with van der Waals surface area (Å²) in [5.74, 6) is 1.48. The summed E-state index contributed by atoms with van der Waals surface area (Å²) in [6.07, 6.45) is 2.34. The predicted octanol–water partition coefficient (Wildman–Crippen LogP) is 1.85. The Bertz CT molecular complexity index is 811. The number of rotatable bonds is 3. The molecule has 1 aromatic heterocycles. The molecule has 7 heteroatoms. The lowest BCUT2D eigenvalue weighted by Crippen LogP contribution is -2.36. The van der Waals surface area contributed by atoms with Crippen LogP contribution < -0.4 is 9.47 Å². The largest absolute Gasteiger partial charge is 0.454 e. The van der Waals surface area contributed by atoms with Crippen molar-refractivity contribution in [3.05, 3.63) is 47.5 Å². The van der Waals surface area contributed by atoms with E-state index in [0.717, 1.165) is 17.8 Å². The van der Waals surface area contributed by atoms with Crippen LogP contribution in [0.3, 0.4) is 0 Å². The van der Waals surface area contributed by atoms with E-state index in [-0.39, 0.29) is 18.6 Å². The summed E-state index contributed by atoms with van der Waals surface area (Å²) in [4.78, 5) is 23.3. The number of ether oxygens (including phenoxy) is 3. The predicted molar refractivity (Wildman–Crippen MR) is 93.3 cm³/mol. The lowest BCUT2D eigenvalue weighted by atomic mass is 10.0. The lowest BCUT2D eigenvalue weighted by molar-refractivity contribution is 0.0737. The standard InChI is InChI=1S/C19H21N3O4/c1-13-6-16(21-11-20-13)7-14-9-22(4-5-24-10-14)19(23)15-2-3-17-18(8-15)26-12-25-17/h2-3,6,8,11,14H,4-5,7,9-10,12H2,1H3/t14-/m1/s1.